The second-order valence-electron chi connectivity index (χ2n) is 3.67. The van der Waals surface area contributed by atoms with Gasteiger partial charge in [0.2, 0.25) is 0 Å². The number of ether oxygens (including phenoxy) is 1. The van der Waals surface area contributed by atoms with Crippen molar-refractivity contribution in [3.05, 3.63) is 23.3 Å². The number of benzene rings is 1. The highest BCUT2D eigenvalue weighted by molar-refractivity contribution is 5.55. The van der Waals surface area contributed by atoms with E-state index in [1.54, 1.807) is 7.11 Å². The first kappa shape index (κ1) is 11.9. The minimum absolute atomic E-state index is 0.932. The maximum atomic E-state index is 5.32. The van der Waals surface area contributed by atoms with Crippen LogP contribution in [0, 0.1) is 13.8 Å². The monoisotopic (exact) mass is 208 g/mol. The van der Waals surface area contributed by atoms with Gasteiger partial charge in [0.15, 0.2) is 0 Å². The predicted octanol–water partition coefficient (Wildman–Crippen LogP) is 1.94. The molecule has 0 fully saturated rings. The summed E-state index contributed by atoms with van der Waals surface area (Å²) < 4.78 is 5.32. The fourth-order valence-corrected chi connectivity index (χ4v) is 1.71. The summed E-state index contributed by atoms with van der Waals surface area (Å²) in [6.07, 6.45) is 0. The molecule has 0 radical (unpaired) electrons. The maximum Gasteiger partial charge on any atom is 0.124 e. The fraction of sp³-hybridized carbons (Fsp3) is 0.500. The largest absolute Gasteiger partial charge is 0.496 e. The Hall–Kier alpha value is -1.22. The van der Waals surface area contributed by atoms with Gasteiger partial charge in [0.05, 0.1) is 7.11 Å². The molecule has 2 N–H and O–H groups in total. The summed E-state index contributed by atoms with van der Waals surface area (Å²) in [4.78, 5) is 0. The van der Waals surface area contributed by atoms with Gasteiger partial charge in [-0.05, 0) is 44.2 Å². The van der Waals surface area contributed by atoms with E-state index in [4.69, 9.17) is 4.74 Å². The van der Waals surface area contributed by atoms with Crippen molar-refractivity contribution in [2.24, 2.45) is 0 Å². The van der Waals surface area contributed by atoms with Gasteiger partial charge >= 0.3 is 0 Å². The molecule has 3 heteroatoms. The van der Waals surface area contributed by atoms with Gasteiger partial charge in [0.1, 0.15) is 5.75 Å². The molecule has 0 saturated heterocycles. The Kier molecular flexibility index (Phi) is 4.43. The van der Waals surface area contributed by atoms with E-state index in [1.165, 1.54) is 11.1 Å². The molecule has 0 saturated carbocycles. The molecule has 0 amide bonds. The number of hydrogen-bond donors (Lipinski definition) is 2. The zero-order chi connectivity index (χ0) is 11.3. The van der Waals surface area contributed by atoms with Gasteiger partial charge < -0.3 is 15.4 Å². The second kappa shape index (κ2) is 5.61. The Morgan fingerprint density at radius 3 is 2.20 bits per heavy atom. The van der Waals surface area contributed by atoms with Crippen LogP contribution in [-0.4, -0.2) is 27.2 Å². The number of hydrogen-bond acceptors (Lipinski definition) is 3. The molecule has 1 aromatic rings. The summed E-state index contributed by atoms with van der Waals surface area (Å²) in [5.74, 6) is 0.981. The van der Waals surface area contributed by atoms with E-state index in [-0.39, 0.29) is 0 Å². The number of likely N-dealkylation sites (N-methyl/N-ethyl adjacent to an activating group) is 1. The van der Waals surface area contributed by atoms with Crippen LogP contribution in [0.1, 0.15) is 11.1 Å². The van der Waals surface area contributed by atoms with Crippen LogP contribution in [-0.2, 0) is 0 Å². The summed E-state index contributed by atoms with van der Waals surface area (Å²) in [6, 6.07) is 4.23. The molecule has 1 aromatic carbocycles. The molecule has 0 aliphatic rings. The molecule has 0 atom stereocenters. The smallest absolute Gasteiger partial charge is 0.124 e. The normalized spacial score (nSPS) is 10.1. The quantitative estimate of drug-likeness (QED) is 0.726. The first-order valence-electron chi connectivity index (χ1n) is 5.22. The molecule has 84 valence electrons. The van der Waals surface area contributed by atoms with Gasteiger partial charge in [-0.2, -0.15) is 0 Å². The maximum absolute atomic E-state index is 5.32. The zero-order valence-electron chi connectivity index (χ0n) is 9.98. The fourth-order valence-electron chi connectivity index (χ4n) is 1.71. The summed E-state index contributed by atoms with van der Waals surface area (Å²) in [6.45, 7) is 6.02. The van der Waals surface area contributed by atoms with Gasteiger partial charge in [0.25, 0.3) is 0 Å². The number of aryl methyl sites for hydroxylation is 2. The van der Waals surface area contributed by atoms with Gasteiger partial charge in [-0.1, -0.05) is 0 Å². The Labute approximate surface area is 91.8 Å². The summed E-state index contributed by atoms with van der Waals surface area (Å²) in [5.41, 5.74) is 3.50. The number of methoxy groups -OCH3 is 1. The van der Waals surface area contributed by atoms with Gasteiger partial charge in [-0.15, -0.1) is 0 Å². The van der Waals surface area contributed by atoms with Crippen molar-refractivity contribution in [3.8, 4) is 5.75 Å². The first-order chi connectivity index (χ1) is 7.19. The number of nitrogens with one attached hydrogen (secondary N) is 2. The lowest BCUT2D eigenvalue weighted by atomic mass is 10.1. The Balaban J connectivity index is 2.75. The predicted molar refractivity (Wildman–Crippen MR) is 64.9 cm³/mol. The highest BCUT2D eigenvalue weighted by Crippen LogP contribution is 2.26. The highest BCUT2D eigenvalue weighted by atomic mass is 16.5. The first-order valence-corrected chi connectivity index (χ1v) is 5.22. The average Bonchev–Trinajstić information content (AvgIpc) is 2.18. The van der Waals surface area contributed by atoms with Gasteiger partial charge in [0, 0.05) is 18.8 Å². The molecule has 0 heterocycles. The third-order valence-corrected chi connectivity index (χ3v) is 2.37. The molecule has 0 aliphatic heterocycles. The van der Waals surface area contributed by atoms with Gasteiger partial charge in [-0.3, -0.25) is 0 Å². The summed E-state index contributed by atoms with van der Waals surface area (Å²) in [7, 11) is 3.66. The van der Waals surface area contributed by atoms with Crippen LogP contribution < -0.4 is 15.4 Å². The minimum atomic E-state index is 0.932. The lowest BCUT2D eigenvalue weighted by Crippen LogP contribution is -2.17. The van der Waals surface area contributed by atoms with Crippen molar-refractivity contribution < 1.29 is 4.74 Å². The zero-order valence-corrected chi connectivity index (χ0v) is 9.98. The molecule has 3 nitrogen and oxygen atoms in total. The Bertz CT molecular complexity index is 300. The van der Waals surface area contributed by atoms with Crippen molar-refractivity contribution in [2.45, 2.75) is 13.8 Å². The molecule has 0 aliphatic carbocycles. The van der Waals surface area contributed by atoms with E-state index in [0.717, 1.165) is 24.5 Å². The van der Waals surface area contributed by atoms with E-state index < -0.39 is 0 Å². The third kappa shape index (κ3) is 3.13. The van der Waals surface area contributed by atoms with Crippen molar-refractivity contribution in [1.29, 1.82) is 0 Å². The molecule has 0 aromatic heterocycles. The molecule has 0 unspecified atom stereocenters. The molecule has 1 rings (SSSR count). The summed E-state index contributed by atoms with van der Waals surface area (Å²) in [5, 5.41) is 6.46. The van der Waals surface area contributed by atoms with E-state index in [0.29, 0.717) is 0 Å². The molecule has 15 heavy (non-hydrogen) atoms. The third-order valence-electron chi connectivity index (χ3n) is 2.37. The van der Waals surface area contributed by atoms with E-state index in [2.05, 4.69) is 36.6 Å². The van der Waals surface area contributed by atoms with E-state index in [1.807, 2.05) is 7.05 Å². The standard InChI is InChI=1S/C12H20N2O/c1-9-7-11(14-6-5-13-3)8-10(2)12(9)15-4/h7-8,13-14H,5-6H2,1-4H3. The molecule has 0 bridgehead atoms. The van der Waals surface area contributed by atoms with Crippen molar-refractivity contribution in [2.75, 3.05) is 32.6 Å². The lowest BCUT2D eigenvalue weighted by molar-refractivity contribution is 0.408. The van der Waals surface area contributed by atoms with Crippen molar-refractivity contribution in [3.63, 3.8) is 0 Å². The molecule has 0 spiro atoms. The molecular formula is C12H20N2O. The number of rotatable bonds is 5. The van der Waals surface area contributed by atoms with Crippen molar-refractivity contribution >= 4 is 5.69 Å². The SMILES string of the molecule is CNCCNc1cc(C)c(OC)c(C)c1. The lowest BCUT2D eigenvalue weighted by Gasteiger charge is -2.12. The highest BCUT2D eigenvalue weighted by Gasteiger charge is 2.04. The minimum Gasteiger partial charge on any atom is -0.496 e. The van der Waals surface area contributed by atoms with E-state index >= 15 is 0 Å². The topological polar surface area (TPSA) is 33.3 Å². The Morgan fingerprint density at radius 2 is 1.73 bits per heavy atom. The summed E-state index contributed by atoms with van der Waals surface area (Å²) >= 11 is 0. The van der Waals surface area contributed by atoms with Gasteiger partial charge in [-0.25, -0.2) is 0 Å². The van der Waals surface area contributed by atoms with Crippen LogP contribution >= 0.6 is 0 Å². The van der Waals surface area contributed by atoms with Crippen LogP contribution in [0.4, 0.5) is 5.69 Å². The van der Waals surface area contributed by atoms with Crippen LogP contribution in [0.3, 0.4) is 0 Å². The molecular weight excluding hydrogens is 188 g/mol. The van der Waals surface area contributed by atoms with Crippen LogP contribution in [0.25, 0.3) is 0 Å². The van der Waals surface area contributed by atoms with Crippen molar-refractivity contribution in [1.82, 2.24) is 5.32 Å². The second-order valence-corrected chi connectivity index (χ2v) is 3.67. The Morgan fingerprint density at radius 1 is 1.13 bits per heavy atom. The van der Waals surface area contributed by atoms with Crippen LogP contribution in [0.2, 0.25) is 0 Å². The van der Waals surface area contributed by atoms with E-state index in [9.17, 15) is 0 Å². The van der Waals surface area contributed by atoms with Crippen LogP contribution in [0.5, 0.6) is 5.75 Å². The van der Waals surface area contributed by atoms with Crippen LogP contribution in [0.15, 0.2) is 12.1 Å². The average molecular weight is 208 g/mol. The number of anilines is 1.